The van der Waals surface area contributed by atoms with Crippen molar-refractivity contribution in [1.82, 2.24) is 9.38 Å². The standard InChI is InChI=1S/C23H19ClN4O3/c1-15-19(24)5-4-6-20(15)27-23(30)26-16-8-10-18(11-9-16)31-14-17-13-22(29)28-12-3-2-7-21(28)25-17/h2-13H,14H2,1H3,(H2,26,27,30). The van der Waals surface area contributed by atoms with Crippen LogP contribution in [0.3, 0.4) is 0 Å². The predicted molar refractivity (Wildman–Crippen MR) is 121 cm³/mol. The Labute approximate surface area is 183 Å². The van der Waals surface area contributed by atoms with Gasteiger partial charge in [0.05, 0.1) is 5.69 Å². The number of aromatic nitrogens is 2. The summed E-state index contributed by atoms with van der Waals surface area (Å²) in [4.78, 5) is 28.8. The second kappa shape index (κ2) is 8.89. The van der Waals surface area contributed by atoms with Gasteiger partial charge in [-0.3, -0.25) is 9.20 Å². The highest BCUT2D eigenvalue weighted by Crippen LogP contribution is 2.23. The number of amides is 2. The Balaban J connectivity index is 1.36. The average Bonchev–Trinajstić information content (AvgIpc) is 2.76. The number of halogens is 1. The highest BCUT2D eigenvalue weighted by Gasteiger charge is 2.08. The number of carbonyl (C=O) groups excluding carboxylic acids is 1. The van der Waals surface area contributed by atoms with Gasteiger partial charge < -0.3 is 15.4 Å². The summed E-state index contributed by atoms with van der Waals surface area (Å²) >= 11 is 6.08. The van der Waals surface area contributed by atoms with E-state index in [-0.39, 0.29) is 18.2 Å². The van der Waals surface area contributed by atoms with E-state index in [1.807, 2.05) is 13.0 Å². The van der Waals surface area contributed by atoms with E-state index in [1.54, 1.807) is 60.8 Å². The summed E-state index contributed by atoms with van der Waals surface area (Å²) in [6.45, 7) is 1.99. The Morgan fingerprint density at radius 2 is 1.87 bits per heavy atom. The molecule has 31 heavy (non-hydrogen) atoms. The van der Waals surface area contributed by atoms with Crippen LogP contribution in [0.2, 0.25) is 5.02 Å². The third kappa shape index (κ3) is 4.84. The predicted octanol–water partition coefficient (Wildman–Crippen LogP) is 4.88. The minimum absolute atomic E-state index is 0.155. The minimum atomic E-state index is -0.375. The fourth-order valence-electron chi connectivity index (χ4n) is 3.00. The van der Waals surface area contributed by atoms with E-state index < -0.39 is 0 Å². The minimum Gasteiger partial charge on any atom is -0.487 e. The maximum Gasteiger partial charge on any atom is 0.323 e. The molecule has 2 heterocycles. The molecule has 8 heteroatoms. The quantitative estimate of drug-likeness (QED) is 0.469. The van der Waals surface area contributed by atoms with Crippen LogP contribution in [-0.2, 0) is 6.61 Å². The van der Waals surface area contributed by atoms with Crippen molar-refractivity contribution >= 4 is 34.7 Å². The summed E-state index contributed by atoms with van der Waals surface area (Å²) in [6.07, 6.45) is 1.67. The van der Waals surface area contributed by atoms with E-state index in [2.05, 4.69) is 15.6 Å². The second-order valence-electron chi connectivity index (χ2n) is 6.82. The fourth-order valence-corrected chi connectivity index (χ4v) is 3.17. The van der Waals surface area contributed by atoms with Gasteiger partial charge in [-0.2, -0.15) is 0 Å². The number of carbonyl (C=O) groups is 1. The Morgan fingerprint density at radius 1 is 1.06 bits per heavy atom. The van der Waals surface area contributed by atoms with E-state index in [0.29, 0.717) is 33.5 Å². The Bertz CT molecular complexity index is 1300. The summed E-state index contributed by atoms with van der Waals surface area (Å²) < 4.78 is 7.20. The summed E-state index contributed by atoms with van der Waals surface area (Å²) in [5.41, 5.74) is 2.98. The maximum absolute atomic E-state index is 12.2. The zero-order valence-electron chi connectivity index (χ0n) is 16.6. The van der Waals surface area contributed by atoms with Gasteiger partial charge in [0, 0.05) is 28.7 Å². The lowest BCUT2D eigenvalue weighted by Gasteiger charge is -2.11. The molecule has 2 amide bonds. The molecule has 0 bridgehead atoms. The van der Waals surface area contributed by atoms with Crippen LogP contribution in [0, 0.1) is 6.92 Å². The van der Waals surface area contributed by atoms with Crippen molar-refractivity contribution in [2.75, 3.05) is 10.6 Å². The molecule has 2 N–H and O–H groups in total. The van der Waals surface area contributed by atoms with Crippen molar-refractivity contribution < 1.29 is 9.53 Å². The van der Waals surface area contributed by atoms with E-state index in [1.165, 1.54) is 10.5 Å². The number of hydrogen-bond donors (Lipinski definition) is 2. The van der Waals surface area contributed by atoms with Crippen LogP contribution in [0.15, 0.2) is 77.7 Å². The van der Waals surface area contributed by atoms with Crippen LogP contribution < -0.4 is 20.9 Å². The first-order chi connectivity index (χ1) is 15.0. The summed E-state index contributed by atoms with van der Waals surface area (Å²) in [5, 5.41) is 6.12. The summed E-state index contributed by atoms with van der Waals surface area (Å²) in [6, 6.07) is 18.7. The van der Waals surface area contributed by atoms with Crippen molar-refractivity contribution in [1.29, 1.82) is 0 Å². The number of benzene rings is 2. The Morgan fingerprint density at radius 3 is 2.68 bits per heavy atom. The monoisotopic (exact) mass is 434 g/mol. The maximum atomic E-state index is 12.2. The van der Waals surface area contributed by atoms with E-state index in [4.69, 9.17) is 16.3 Å². The number of fused-ring (bicyclic) bond motifs is 1. The molecule has 2 aromatic heterocycles. The first-order valence-corrected chi connectivity index (χ1v) is 9.91. The second-order valence-corrected chi connectivity index (χ2v) is 7.23. The number of anilines is 2. The smallest absolute Gasteiger partial charge is 0.323 e. The highest BCUT2D eigenvalue weighted by atomic mass is 35.5. The van der Waals surface area contributed by atoms with Gasteiger partial charge in [-0.25, -0.2) is 9.78 Å². The average molecular weight is 435 g/mol. The van der Waals surface area contributed by atoms with Gasteiger partial charge in [-0.15, -0.1) is 0 Å². The molecule has 4 rings (SSSR count). The third-order valence-electron chi connectivity index (χ3n) is 4.64. The van der Waals surface area contributed by atoms with Crippen LogP contribution in [0.25, 0.3) is 5.65 Å². The van der Waals surface area contributed by atoms with Crippen molar-refractivity contribution in [3.8, 4) is 5.75 Å². The molecule has 156 valence electrons. The lowest BCUT2D eigenvalue weighted by molar-refractivity contribution is 0.262. The van der Waals surface area contributed by atoms with Gasteiger partial charge in [-0.1, -0.05) is 23.7 Å². The number of rotatable bonds is 5. The van der Waals surface area contributed by atoms with Crippen molar-refractivity contribution in [3.63, 3.8) is 0 Å². The van der Waals surface area contributed by atoms with Crippen LogP contribution >= 0.6 is 11.6 Å². The van der Waals surface area contributed by atoms with Crippen molar-refractivity contribution in [3.05, 3.63) is 99.6 Å². The molecule has 0 atom stereocenters. The topological polar surface area (TPSA) is 84.7 Å². The van der Waals surface area contributed by atoms with Gasteiger partial charge >= 0.3 is 6.03 Å². The normalized spacial score (nSPS) is 10.6. The molecule has 7 nitrogen and oxygen atoms in total. The molecular weight excluding hydrogens is 416 g/mol. The number of urea groups is 1. The fraction of sp³-hybridized carbons (Fsp3) is 0.0870. The van der Waals surface area contributed by atoms with Crippen molar-refractivity contribution in [2.24, 2.45) is 0 Å². The van der Waals surface area contributed by atoms with Gasteiger partial charge in [0.15, 0.2) is 0 Å². The lowest BCUT2D eigenvalue weighted by atomic mass is 10.2. The lowest BCUT2D eigenvalue weighted by Crippen LogP contribution is -2.20. The van der Waals surface area contributed by atoms with E-state index in [9.17, 15) is 9.59 Å². The summed E-state index contributed by atoms with van der Waals surface area (Å²) in [5.74, 6) is 0.590. The first-order valence-electron chi connectivity index (χ1n) is 9.53. The van der Waals surface area contributed by atoms with Crippen LogP contribution in [0.1, 0.15) is 11.3 Å². The molecule has 0 fully saturated rings. The highest BCUT2D eigenvalue weighted by molar-refractivity contribution is 6.31. The first kappa shape index (κ1) is 20.4. The van der Waals surface area contributed by atoms with Gasteiger partial charge in [0.25, 0.3) is 5.56 Å². The zero-order chi connectivity index (χ0) is 21.8. The molecule has 0 spiro atoms. The molecule has 4 aromatic rings. The molecule has 0 saturated heterocycles. The SMILES string of the molecule is Cc1c(Cl)cccc1NC(=O)Nc1ccc(OCc2cc(=O)n3ccccc3n2)cc1. The Kier molecular flexibility index (Phi) is 5.86. The van der Waals surface area contributed by atoms with E-state index in [0.717, 1.165) is 5.56 Å². The molecule has 0 aliphatic heterocycles. The molecule has 0 saturated carbocycles. The van der Waals surface area contributed by atoms with Gasteiger partial charge in [0.2, 0.25) is 0 Å². The summed E-state index contributed by atoms with van der Waals surface area (Å²) in [7, 11) is 0. The largest absolute Gasteiger partial charge is 0.487 e. The number of pyridine rings is 1. The molecule has 2 aromatic carbocycles. The molecule has 0 aliphatic carbocycles. The molecule has 0 unspecified atom stereocenters. The van der Waals surface area contributed by atoms with Gasteiger partial charge in [-0.05, 0) is 61.0 Å². The molecular formula is C23H19ClN4O3. The zero-order valence-corrected chi connectivity index (χ0v) is 17.4. The van der Waals surface area contributed by atoms with Crippen LogP contribution in [0.4, 0.5) is 16.2 Å². The van der Waals surface area contributed by atoms with E-state index >= 15 is 0 Å². The Hall–Kier alpha value is -3.84. The number of hydrogen-bond acceptors (Lipinski definition) is 4. The number of nitrogens with zero attached hydrogens (tertiary/aromatic N) is 2. The number of ether oxygens (including phenoxy) is 1. The van der Waals surface area contributed by atoms with Crippen LogP contribution in [-0.4, -0.2) is 15.4 Å². The number of nitrogens with one attached hydrogen (secondary N) is 2. The van der Waals surface area contributed by atoms with Gasteiger partial charge in [0.1, 0.15) is 18.0 Å². The molecule has 0 aliphatic rings. The molecule has 0 radical (unpaired) electrons. The third-order valence-corrected chi connectivity index (χ3v) is 5.05. The van der Waals surface area contributed by atoms with Crippen LogP contribution in [0.5, 0.6) is 5.75 Å². The van der Waals surface area contributed by atoms with Crippen molar-refractivity contribution in [2.45, 2.75) is 13.5 Å².